The fourth-order valence-electron chi connectivity index (χ4n) is 4.71. The standard InChI is InChI=1S/C17H18N2O.C2H6/c20-15-10-19-14-6-2-1-4-11(14)12-7-9-18-8-3-5-13(15)16(18)17(12)19;1-2/h1-2,4,6,13,16H,3,5,7-10H2;1-2H3/t13-,16+;/m0./s1. The third-order valence-corrected chi connectivity index (χ3v) is 5.51. The van der Waals surface area contributed by atoms with Crippen molar-refractivity contribution < 1.29 is 4.79 Å². The number of Topliss-reactive ketones (excluding diaryl/α,β-unsaturated/α-hetero) is 1. The van der Waals surface area contributed by atoms with Crippen LogP contribution in [0.4, 0.5) is 0 Å². The molecule has 22 heavy (non-hydrogen) atoms. The Balaban J connectivity index is 0.000000602. The molecule has 0 spiro atoms. The summed E-state index contributed by atoms with van der Waals surface area (Å²) in [6.45, 7) is 6.87. The van der Waals surface area contributed by atoms with E-state index < -0.39 is 0 Å². The zero-order chi connectivity index (χ0) is 15.3. The number of aromatic nitrogens is 1. The number of ketones is 1. The lowest BCUT2D eigenvalue weighted by molar-refractivity contribution is -0.129. The number of carbonyl (C=O) groups is 1. The Kier molecular flexibility index (Phi) is 3.33. The lowest BCUT2D eigenvalue weighted by Gasteiger charge is -2.46. The molecule has 0 N–H and O–H groups in total. The maximum absolute atomic E-state index is 12.6. The van der Waals surface area contributed by atoms with Gasteiger partial charge in [0.2, 0.25) is 0 Å². The number of carbonyl (C=O) groups excluding carboxylic acids is 1. The van der Waals surface area contributed by atoms with E-state index in [9.17, 15) is 4.79 Å². The van der Waals surface area contributed by atoms with Crippen LogP contribution >= 0.6 is 0 Å². The predicted molar refractivity (Wildman–Crippen MR) is 89.0 cm³/mol. The van der Waals surface area contributed by atoms with Crippen LogP contribution in [0.25, 0.3) is 10.9 Å². The van der Waals surface area contributed by atoms with Gasteiger partial charge in [-0.25, -0.2) is 0 Å². The average molecular weight is 296 g/mol. The highest BCUT2D eigenvalue weighted by Crippen LogP contribution is 2.47. The Morgan fingerprint density at radius 2 is 1.95 bits per heavy atom. The highest BCUT2D eigenvalue weighted by atomic mass is 16.1. The minimum Gasteiger partial charge on any atom is -0.335 e. The molecule has 0 radical (unpaired) electrons. The Hall–Kier alpha value is -1.61. The second kappa shape index (κ2) is 5.24. The van der Waals surface area contributed by atoms with E-state index in [1.54, 1.807) is 0 Å². The van der Waals surface area contributed by atoms with Crippen molar-refractivity contribution in [3.8, 4) is 0 Å². The Morgan fingerprint density at radius 3 is 2.82 bits per heavy atom. The van der Waals surface area contributed by atoms with Crippen LogP contribution in [0.5, 0.6) is 0 Å². The number of nitrogens with zero attached hydrogens (tertiary/aromatic N) is 2. The minimum atomic E-state index is 0.250. The van der Waals surface area contributed by atoms with Gasteiger partial charge in [-0.05, 0) is 37.4 Å². The van der Waals surface area contributed by atoms with Crippen molar-refractivity contribution in [1.29, 1.82) is 0 Å². The smallest absolute Gasteiger partial charge is 0.157 e. The fourth-order valence-corrected chi connectivity index (χ4v) is 4.71. The summed E-state index contributed by atoms with van der Waals surface area (Å²) >= 11 is 0. The first-order valence-electron chi connectivity index (χ1n) is 8.71. The van der Waals surface area contributed by atoms with Crippen molar-refractivity contribution in [2.45, 2.75) is 45.7 Å². The molecule has 3 aliphatic heterocycles. The van der Waals surface area contributed by atoms with Crippen molar-refractivity contribution in [1.82, 2.24) is 9.47 Å². The lowest BCUT2D eigenvalue weighted by atomic mass is 9.78. The first-order valence-corrected chi connectivity index (χ1v) is 8.71. The van der Waals surface area contributed by atoms with Gasteiger partial charge in [0.15, 0.2) is 5.78 Å². The van der Waals surface area contributed by atoms with E-state index in [4.69, 9.17) is 0 Å². The highest BCUT2D eigenvalue weighted by molar-refractivity contribution is 5.91. The van der Waals surface area contributed by atoms with E-state index in [1.807, 2.05) is 13.8 Å². The molecule has 0 unspecified atom stereocenters. The van der Waals surface area contributed by atoms with Gasteiger partial charge in [0.25, 0.3) is 0 Å². The molecule has 116 valence electrons. The Morgan fingerprint density at radius 1 is 1.14 bits per heavy atom. The average Bonchev–Trinajstić information content (AvgIpc) is 2.91. The summed E-state index contributed by atoms with van der Waals surface area (Å²) in [5.41, 5.74) is 4.24. The second-order valence-electron chi connectivity index (χ2n) is 6.41. The fraction of sp³-hybridized carbons (Fsp3) is 0.526. The molecular formula is C19H24N2O. The molecule has 4 heterocycles. The van der Waals surface area contributed by atoms with Gasteiger partial charge in [0, 0.05) is 29.1 Å². The van der Waals surface area contributed by atoms with Gasteiger partial charge in [-0.2, -0.15) is 0 Å². The van der Waals surface area contributed by atoms with E-state index >= 15 is 0 Å². The molecule has 2 aromatic rings. The van der Waals surface area contributed by atoms with Crippen molar-refractivity contribution in [2.75, 3.05) is 13.1 Å². The molecule has 1 fully saturated rings. The molecule has 0 saturated carbocycles. The summed E-state index contributed by atoms with van der Waals surface area (Å²) in [5, 5.41) is 1.38. The maximum atomic E-state index is 12.6. The molecule has 1 aromatic carbocycles. The van der Waals surface area contributed by atoms with Gasteiger partial charge in [0.05, 0.1) is 12.6 Å². The summed E-state index contributed by atoms with van der Waals surface area (Å²) in [7, 11) is 0. The molecule has 3 nitrogen and oxygen atoms in total. The van der Waals surface area contributed by atoms with Crippen molar-refractivity contribution in [3.63, 3.8) is 0 Å². The van der Waals surface area contributed by atoms with E-state index in [0.29, 0.717) is 18.4 Å². The van der Waals surface area contributed by atoms with Crippen molar-refractivity contribution in [2.24, 2.45) is 5.92 Å². The number of fused-ring (bicyclic) bond motifs is 3. The number of piperidine rings is 1. The predicted octanol–water partition coefficient (Wildman–Crippen LogP) is 3.56. The molecule has 1 aromatic heterocycles. The third kappa shape index (κ3) is 1.75. The molecule has 1 saturated heterocycles. The molecule has 0 amide bonds. The van der Waals surface area contributed by atoms with Crippen LogP contribution in [0.15, 0.2) is 24.3 Å². The zero-order valence-electron chi connectivity index (χ0n) is 13.5. The van der Waals surface area contributed by atoms with Crippen LogP contribution in [0.1, 0.15) is 44.0 Å². The van der Waals surface area contributed by atoms with E-state index in [-0.39, 0.29) is 5.92 Å². The number of para-hydroxylation sites is 1. The monoisotopic (exact) mass is 296 g/mol. The van der Waals surface area contributed by atoms with Crippen LogP contribution in [0, 0.1) is 5.92 Å². The van der Waals surface area contributed by atoms with E-state index in [2.05, 4.69) is 33.7 Å². The summed E-state index contributed by atoms with van der Waals surface area (Å²) in [4.78, 5) is 15.1. The maximum Gasteiger partial charge on any atom is 0.157 e. The number of hydrogen-bond acceptors (Lipinski definition) is 2. The lowest BCUT2D eigenvalue weighted by Crippen LogP contribution is -2.49. The molecule has 5 rings (SSSR count). The molecule has 3 heteroatoms. The second-order valence-corrected chi connectivity index (χ2v) is 6.41. The van der Waals surface area contributed by atoms with Crippen LogP contribution in [0.2, 0.25) is 0 Å². The third-order valence-electron chi connectivity index (χ3n) is 5.51. The Labute approximate surface area is 131 Å². The SMILES string of the molecule is CC.O=C1Cn2c3c(c4ccccc42)CCN2CCC[C@@H]1[C@H]32. The summed E-state index contributed by atoms with van der Waals surface area (Å²) < 4.78 is 2.31. The normalized spacial score (nSPS) is 26.4. The number of benzene rings is 1. The van der Waals surface area contributed by atoms with Gasteiger partial charge in [0.1, 0.15) is 0 Å². The molecule has 3 aliphatic rings. The Bertz CT molecular complexity index is 730. The van der Waals surface area contributed by atoms with E-state index in [0.717, 1.165) is 25.9 Å². The minimum absolute atomic E-state index is 0.250. The van der Waals surface area contributed by atoms with Crippen LogP contribution < -0.4 is 0 Å². The van der Waals surface area contributed by atoms with Gasteiger partial charge in [-0.3, -0.25) is 9.69 Å². The molecule has 0 bridgehead atoms. The van der Waals surface area contributed by atoms with E-state index in [1.165, 1.54) is 28.6 Å². The van der Waals surface area contributed by atoms with Crippen LogP contribution in [0.3, 0.4) is 0 Å². The van der Waals surface area contributed by atoms with Gasteiger partial charge in [-0.15, -0.1) is 0 Å². The largest absolute Gasteiger partial charge is 0.335 e. The highest BCUT2D eigenvalue weighted by Gasteiger charge is 2.45. The topological polar surface area (TPSA) is 25.2 Å². The zero-order valence-corrected chi connectivity index (χ0v) is 13.5. The van der Waals surface area contributed by atoms with Crippen molar-refractivity contribution in [3.05, 3.63) is 35.5 Å². The summed E-state index contributed by atoms with van der Waals surface area (Å²) in [6.07, 6.45) is 3.41. The molecule has 0 aliphatic carbocycles. The van der Waals surface area contributed by atoms with Crippen LogP contribution in [-0.2, 0) is 17.8 Å². The number of rotatable bonds is 0. The molecular weight excluding hydrogens is 272 g/mol. The molecule has 2 atom stereocenters. The van der Waals surface area contributed by atoms with Gasteiger partial charge < -0.3 is 4.57 Å². The van der Waals surface area contributed by atoms with Crippen LogP contribution in [-0.4, -0.2) is 28.3 Å². The van der Waals surface area contributed by atoms with Crippen molar-refractivity contribution >= 4 is 16.7 Å². The first-order chi connectivity index (χ1) is 10.8. The van der Waals surface area contributed by atoms with Gasteiger partial charge in [-0.1, -0.05) is 32.0 Å². The number of hydrogen-bond donors (Lipinski definition) is 0. The summed E-state index contributed by atoms with van der Waals surface area (Å²) in [6, 6.07) is 8.98. The van der Waals surface area contributed by atoms with Gasteiger partial charge >= 0.3 is 0 Å². The quantitative estimate of drug-likeness (QED) is 0.742. The summed E-state index contributed by atoms with van der Waals surface area (Å²) in [5.74, 6) is 0.695. The first kappa shape index (κ1) is 14.0.